The number of furan rings is 1. The number of aliphatic carboxylic acids is 1. The zero-order valence-corrected chi connectivity index (χ0v) is 12.2. The second kappa shape index (κ2) is 5.92. The Balaban J connectivity index is 2.12. The predicted molar refractivity (Wildman–Crippen MR) is 84.3 cm³/mol. The minimum atomic E-state index is -0.933. The van der Waals surface area contributed by atoms with Crippen molar-refractivity contribution in [3.8, 4) is 0 Å². The summed E-state index contributed by atoms with van der Waals surface area (Å²) in [4.78, 5) is 27.4. The van der Waals surface area contributed by atoms with Gasteiger partial charge in [-0.05, 0) is 30.7 Å². The topological polar surface area (TPSA) is 106 Å². The Labute approximate surface area is 131 Å². The van der Waals surface area contributed by atoms with Gasteiger partial charge in [0.25, 0.3) is 0 Å². The molecule has 3 rings (SSSR count). The molecule has 0 amide bonds. The normalized spacial score (nSPS) is 10.8. The van der Waals surface area contributed by atoms with Crippen LogP contribution in [0.2, 0.25) is 0 Å². The van der Waals surface area contributed by atoms with E-state index >= 15 is 0 Å². The molecular formula is C17H14N2O4. The maximum Gasteiger partial charge on any atom is 0.303 e. The molecule has 0 unspecified atom stereocenters. The monoisotopic (exact) mass is 310 g/mol. The number of carbonyl (C=O) groups is 2. The molecule has 0 atom stereocenters. The van der Waals surface area contributed by atoms with Crippen molar-refractivity contribution in [3.63, 3.8) is 0 Å². The number of carbonyl (C=O) groups excluding carboxylic acids is 1. The number of hydrogen-bond acceptors (Lipinski definition) is 5. The molecule has 1 aromatic carbocycles. The Morgan fingerprint density at radius 3 is 2.61 bits per heavy atom. The molecule has 23 heavy (non-hydrogen) atoms. The average Bonchev–Trinajstić information content (AvgIpc) is 2.90. The van der Waals surface area contributed by atoms with Gasteiger partial charge in [0.15, 0.2) is 5.76 Å². The van der Waals surface area contributed by atoms with Gasteiger partial charge in [-0.25, -0.2) is 0 Å². The fourth-order valence-corrected chi connectivity index (χ4v) is 2.46. The number of ketones is 1. The average molecular weight is 310 g/mol. The van der Waals surface area contributed by atoms with E-state index in [0.29, 0.717) is 27.8 Å². The molecule has 2 heterocycles. The number of nitrogens with two attached hydrogens (primary N) is 1. The van der Waals surface area contributed by atoms with E-state index in [9.17, 15) is 9.59 Å². The Morgan fingerprint density at radius 1 is 1.17 bits per heavy atom. The predicted octanol–water partition coefficient (Wildman–Crippen LogP) is 2.66. The quantitative estimate of drug-likeness (QED) is 0.554. The van der Waals surface area contributed by atoms with Gasteiger partial charge in [-0.3, -0.25) is 14.6 Å². The first-order valence-corrected chi connectivity index (χ1v) is 7.03. The number of anilines is 1. The van der Waals surface area contributed by atoms with Crippen LogP contribution in [0.3, 0.4) is 0 Å². The van der Waals surface area contributed by atoms with E-state index in [-0.39, 0.29) is 24.4 Å². The van der Waals surface area contributed by atoms with Crippen LogP contribution in [0, 0.1) is 0 Å². The van der Waals surface area contributed by atoms with E-state index in [1.54, 1.807) is 30.3 Å². The Kier molecular flexibility index (Phi) is 3.80. The minimum absolute atomic E-state index is 0.0877. The lowest BCUT2D eigenvalue weighted by molar-refractivity contribution is -0.136. The fourth-order valence-electron chi connectivity index (χ4n) is 2.46. The molecule has 0 aliphatic carbocycles. The van der Waals surface area contributed by atoms with Crippen LogP contribution in [0.15, 0.2) is 47.1 Å². The molecule has 0 saturated carbocycles. The molecule has 0 aliphatic rings. The molecular weight excluding hydrogens is 296 g/mol. The highest BCUT2D eigenvalue weighted by Crippen LogP contribution is 2.30. The molecule has 6 nitrogen and oxygen atoms in total. The van der Waals surface area contributed by atoms with Crippen molar-refractivity contribution >= 4 is 28.4 Å². The molecule has 0 spiro atoms. The molecule has 2 aromatic heterocycles. The summed E-state index contributed by atoms with van der Waals surface area (Å²) >= 11 is 0. The van der Waals surface area contributed by atoms with Gasteiger partial charge in [-0.15, -0.1) is 0 Å². The van der Waals surface area contributed by atoms with Crippen molar-refractivity contribution < 1.29 is 19.1 Å². The Bertz CT molecular complexity index is 884. The zero-order chi connectivity index (χ0) is 16.4. The fraction of sp³-hybridized carbons (Fsp3) is 0.118. The van der Waals surface area contributed by atoms with Crippen molar-refractivity contribution in [1.82, 2.24) is 4.98 Å². The number of rotatable bonds is 5. The number of benzene rings is 1. The lowest BCUT2D eigenvalue weighted by atomic mass is 10.0. The summed E-state index contributed by atoms with van der Waals surface area (Å²) in [7, 11) is 0. The molecule has 0 radical (unpaired) electrons. The number of fused-ring (bicyclic) bond motifs is 1. The SMILES string of the molecule is Nc1ccc2c(CCC(=O)O)c(C(=O)c3ccncc3)oc2c1. The lowest BCUT2D eigenvalue weighted by Crippen LogP contribution is -2.05. The van der Waals surface area contributed by atoms with Crippen LogP contribution < -0.4 is 5.73 Å². The van der Waals surface area contributed by atoms with Gasteiger partial charge >= 0.3 is 5.97 Å². The van der Waals surface area contributed by atoms with Crippen LogP contribution in [0.25, 0.3) is 11.0 Å². The molecule has 6 heteroatoms. The molecule has 116 valence electrons. The molecule has 0 saturated heterocycles. The number of nitrogens with zero attached hydrogens (tertiary/aromatic N) is 1. The number of carboxylic acids is 1. The summed E-state index contributed by atoms with van der Waals surface area (Å²) in [5, 5.41) is 9.64. The van der Waals surface area contributed by atoms with Crippen molar-refractivity contribution in [2.24, 2.45) is 0 Å². The largest absolute Gasteiger partial charge is 0.481 e. The third-order valence-corrected chi connectivity index (χ3v) is 3.55. The van der Waals surface area contributed by atoms with Crippen LogP contribution in [0.5, 0.6) is 0 Å². The number of nitrogen functional groups attached to an aromatic ring is 1. The zero-order valence-electron chi connectivity index (χ0n) is 12.2. The highest BCUT2D eigenvalue weighted by Gasteiger charge is 2.22. The van der Waals surface area contributed by atoms with Crippen LogP contribution >= 0.6 is 0 Å². The maximum atomic E-state index is 12.7. The van der Waals surface area contributed by atoms with Crippen molar-refractivity contribution in [1.29, 1.82) is 0 Å². The standard InChI is InChI=1S/C17H14N2O4/c18-11-1-2-12-13(3-4-15(20)21)17(23-14(12)9-11)16(22)10-5-7-19-8-6-10/h1-2,5-9H,3-4,18H2,(H,20,21). The van der Waals surface area contributed by atoms with Crippen molar-refractivity contribution in [3.05, 3.63) is 59.6 Å². The van der Waals surface area contributed by atoms with Gasteiger partial charge in [0.2, 0.25) is 5.78 Å². The van der Waals surface area contributed by atoms with E-state index in [4.69, 9.17) is 15.3 Å². The summed E-state index contributed by atoms with van der Waals surface area (Å²) in [6, 6.07) is 8.25. The summed E-state index contributed by atoms with van der Waals surface area (Å²) in [5.41, 5.74) is 7.75. The van der Waals surface area contributed by atoms with E-state index < -0.39 is 5.97 Å². The van der Waals surface area contributed by atoms with Crippen LogP contribution in [0.4, 0.5) is 5.69 Å². The summed E-state index contributed by atoms with van der Waals surface area (Å²) in [5.74, 6) is -1.09. The first-order chi connectivity index (χ1) is 11.1. The highest BCUT2D eigenvalue weighted by atomic mass is 16.4. The van der Waals surface area contributed by atoms with Crippen molar-refractivity contribution in [2.75, 3.05) is 5.73 Å². The third kappa shape index (κ3) is 2.91. The first-order valence-electron chi connectivity index (χ1n) is 7.03. The number of hydrogen-bond donors (Lipinski definition) is 2. The van der Waals surface area contributed by atoms with Crippen LogP contribution in [-0.2, 0) is 11.2 Å². The summed E-state index contributed by atoms with van der Waals surface area (Å²) < 4.78 is 5.69. The summed E-state index contributed by atoms with van der Waals surface area (Å²) in [6.07, 6.45) is 3.16. The van der Waals surface area contributed by atoms with Gasteiger partial charge in [0, 0.05) is 47.1 Å². The molecule has 0 aliphatic heterocycles. The maximum absolute atomic E-state index is 12.7. The lowest BCUT2D eigenvalue weighted by Gasteiger charge is -2.01. The highest BCUT2D eigenvalue weighted by molar-refractivity contribution is 6.10. The number of pyridine rings is 1. The van der Waals surface area contributed by atoms with Gasteiger partial charge < -0.3 is 15.3 Å². The Morgan fingerprint density at radius 2 is 1.91 bits per heavy atom. The number of carboxylic acid groups (broad SMARTS) is 1. The second-order valence-electron chi connectivity index (χ2n) is 5.12. The number of aromatic nitrogens is 1. The van der Waals surface area contributed by atoms with E-state index in [0.717, 1.165) is 0 Å². The molecule has 0 fully saturated rings. The van der Waals surface area contributed by atoms with E-state index in [1.165, 1.54) is 12.4 Å². The van der Waals surface area contributed by atoms with E-state index in [1.807, 2.05) is 0 Å². The van der Waals surface area contributed by atoms with Crippen LogP contribution in [-0.4, -0.2) is 21.8 Å². The van der Waals surface area contributed by atoms with Gasteiger partial charge in [-0.2, -0.15) is 0 Å². The third-order valence-electron chi connectivity index (χ3n) is 3.55. The smallest absolute Gasteiger partial charge is 0.303 e. The van der Waals surface area contributed by atoms with Crippen molar-refractivity contribution in [2.45, 2.75) is 12.8 Å². The second-order valence-corrected chi connectivity index (χ2v) is 5.12. The molecule has 0 bridgehead atoms. The van der Waals surface area contributed by atoms with Crippen LogP contribution in [0.1, 0.15) is 28.1 Å². The van der Waals surface area contributed by atoms with Gasteiger partial charge in [-0.1, -0.05) is 0 Å². The van der Waals surface area contributed by atoms with Gasteiger partial charge in [0.05, 0.1) is 0 Å². The van der Waals surface area contributed by atoms with Gasteiger partial charge in [0.1, 0.15) is 5.58 Å². The molecule has 3 N–H and O–H groups in total. The van der Waals surface area contributed by atoms with E-state index in [2.05, 4.69) is 4.98 Å². The first kappa shape index (κ1) is 14.8. The molecule has 3 aromatic rings. The minimum Gasteiger partial charge on any atom is -0.481 e. The number of aryl methyl sites for hydroxylation is 1. The summed E-state index contributed by atoms with van der Waals surface area (Å²) in [6.45, 7) is 0. The Hall–Kier alpha value is -3.15.